The molecular formula is C13H16FN3O2S2. The molecule has 0 saturated carbocycles. The zero-order valence-corrected chi connectivity index (χ0v) is 13.6. The van der Waals surface area contributed by atoms with Crippen LogP contribution in [0.3, 0.4) is 0 Å². The Hall–Kier alpha value is -1.51. The smallest absolute Gasteiger partial charge is 0.243 e. The van der Waals surface area contributed by atoms with Gasteiger partial charge in [0.05, 0.1) is 21.8 Å². The summed E-state index contributed by atoms with van der Waals surface area (Å²) in [4.78, 5) is 4.95. The number of nitrogens with zero attached hydrogens (tertiary/aromatic N) is 2. The lowest BCUT2D eigenvalue weighted by molar-refractivity contribution is 0.468. The van der Waals surface area contributed by atoms with E-state index in [0.717, 1.165) is 16.6 Å². The molecule has 1 heterocycles. The molecule has 1 aromatic carbocycles. The molecule has 0 fully saturated rings. The van der Waals surface area contributed by atoms with Gasteiger partial charge in [0, 0.05) is 18.5 Å². The summed E-state index contributed by atoms with van der Waals surface area (Å²) in [5.74, 6) is -0.588. The minimum absolute atomic E-state index is 0.0106. The van der Waals surface area contributed by atoms with Crippen molar-refractivity contribution in [3.8, 4) is 0 Å². The van der Waals surface area contributed by atoms with E-state index in [1.165, 1.54) is 35.7 Å². The van der Waals surface area contributed by atoms with Crippen molar-refractivity contribution in [1.82, 2.24) is 9.29 Å². The molecule has 0 aliphatic carbocycles. The fourth-order valence-corrected chi connectivity index (χ4v) is 4.03. The summed E-state index contributed by atoms with van der Waals surface area (Å²) < 4.78 is 39.8. The van der Waals surface area contributed by atoms with Gasteiger partial charge in [0.1, 0.15) is 5.82 Å². The first kappa shape index (κ1) is 15.9. The summed E-state index contributed by atoms with van der Waals surface area (Å²) in [6.07, 6.45) is 0. The van der Waals surface area contributed by atoms with E-state index in [-0.39, 0.29) is 22.7 Å². The molecule has 0 aliphatic heterocycles. The first-order valence-corrected chi connectivity index (χ1v) is 8.46. The quantitative estimate of drug-likeness (QED) is 0.873. The third kappa shape index (κ3) is 3.07. The van der Waals surface area contributed by atoms with Gasteiger partial charge < -0.3 is 5.73 Å². The van der Waals surface area contributed by atoms with Crippen LogP contribution in [-0.2, 0) is 16.6 Å². The van der Waals surface area contributed by atoms with Crippen LogP contribution in [0.2, 0.25) is 0 Å². The van der Waals surface area contributed by atoms with Gasteiger partial charge in [0.15, 0.2) is 0 Å². The molecule has 1 aromatic heterocycles. The summed E-state index contributed by atoms with van der Waals surface area (Å²) in [5.41, 5.74) is 8.02. The molecule has 0 radical (unpaired) electrons. The maximum atomic E-state index is 13.5. The van der Waals surface area contributed by atoms with E-state index in [1.54, 1.807) is 5.51 Å². The molecule has 5 nitrogen and oxygen atoms in total. The Bertz CT molecular complexity index is 748. The van der Waals surface area contributed by atoms with E-state index >= 15 is 0 Å². The van der Waals surface area contributed by atoms with Crippen molar-refractivity contribution < 1.29 is 12.8 Å². The Balaban J connectivity index is 2.35. The Morgan fingerprint density at radius 2 is 2.05 bits per heavy atom. The molecule has 0 unspecified atom stereocenters. The monoisotopic (exact) mass is 329 g/mol. The van der Waals surface area contributed by atoms with Crippen LogP contribution < -0.4 is 5.73 Å². The first-order valence-electron chi connectivity index (χ1n) is 6.14. The van der Waals surface area contributed by atoms with Crippen LogP contribution in [0.5, 0.6) is 0 Å². The maximum absolute atomic E-state index is 13.5. The fraction of sp³-hybridized carbons (Fsp3) is 0.308. The molecule has 0 atom stereocenters. The maximum Gasteiger partial charge on any atom is 0.243 e. The van der Waals surface area contributed by atoms with Crippen molar-refractivity contribution in [3.05, 3.63) is 39.6 Å². The predicted molar refractivity (Wildman–Crippen MR) is 81.1 cm³/mol. The number of nitrogens with two attached hydrogens (primary N) is 1. The van der Waals surface area contributed by atoms with Crippen LogP contribution in [0.1, 0.15) is 16.1 Å². The number of hydrogen-bond donors (Lipinski definition) is 1. The number of anilines is 1. The van der Waals surface area contributed by atoms with Crippen LogP contribution in [-0.4, -0.2) is 24.8 Å². The SMILES string of the molecule is Cc1cc(S(=O)(=O)N(C)Cc2scnc2C)cc(N)c1F. The van der Waals surface area contributed by atoms with Gasteiger partial charge in [-0.1, -0.05) is 0 Å². The van der Waals surface area contributed by atoms with Crippen molar-refractivity contribution in [2.75, 3.05) is 12.8 Å². The number of nitrogen functional groups attached to an aromatic ring is 1. The van der Waals surface area contributed by atoms with Crippen LogP contribution in [0, 0.1) is 19.7 Å². The van der Waals surface area contributed by atoms with E-state index in [2.05, 4.69) is 4.98 Å². The lowest BCUT2D eigenvalue weighted by Crippen LogP contribution is -2.26. The van der Waals surface area contributed by atoms with E-state index in [0.29, 0.717) is 0 Å². The van der Waals surface area contributed by atoms with Crippen molar-refractivity contribution in [2.45, 2.75) is 25.3 Å². The summed E-state index contributed by atoms with van der Waals surface area (Å²) in [5, 5.41) is 0. The average molecular weight is 329 g/mol. The second-order valence-corrected chi connectivity index (χ2v) is 7.75. The van der Waals surface area contributed by atoms with Crippen LogP contribution in [0.4, 0.5) is 10.1 Å². The summed E-state index contributed by atoms with van der Waals surface area (Å²) in [6, 6.07) is 2.44. The molecule has 2 N–H and O–H groups in total. The standard InChI is InChI=1S/C13H16FN3O2S2/c1-8-4-10(5-11(15)13(8)14)21(18,19)17(3)6-12-9(2)16-7-20-12/h4-5,7H,6,15H2,1-3H3. The highest BCUT2D eigenvalue weighted by molar-refractivity contribution is 7.89. The summed E-state index contributed by atoms with van der Waals surface area (Å²) in [6.45, 7) is 3.53. The predicted octanol–water partition coefficient (Wildman–Crippen LogP) is 2.30. The zero-order chi connectivity index (χ0) is 15.8. The number of aryl methyl sites for hydroxylation is 2. The van der Waals surface area contributed by atoms with Crippen molar-refractivity contribution in [3.63, 3.8) is 0 Å². The first-order chi connectivity index (χ1) is 9.73. The van der Waals surface area contributed by atoms with Crippen LogP contribution in [0.15, 0.2) is 22.5 Å². The minimum atomic E-state index is -3.73. The Morgan fingerprint density at radius 1 is 1.38 bits per heavy atom. The number of sulfonamides is 1. The summed E-state index contributed by atoms with van der Waals surface area (Å²) >= 11 is 1.40. The number of halogens is 1. The lowest BCUT2D eigenvalue weighted by Gasteiger charge is -2.17. The normalized spacial score (nSPS) is 12.0. The number of rotatable bonds is 4. The minimum Gasteiger partial charge on any atom is -0.396 e. The van der Waals surface area contributed by atoms with Crippen molar-refractivity contribution >= 4 is 27.0 Å². The second-order valence-electron chi connectivity index (χ2n) is 4.77. The molecule has 0 saturated heterocycles. The lowest BCUT2D eigenvalue weighted by atomic mass is 10.2. The molecule has 0 spiro atoms. The third-order valence-electron chi connectivity index (χ3n) is 3.18. The molecule has 0 aliphatic rings. The van der Waals surface area contributed by atoms with Gasteiger partial charge in [-0.05, 0) is 31.5 Å². The highest BCUT2D eigenvalue weighted by atomic mass is 32.2. The average Bonchev–Trinajstić information content (AvgIpc) is 2.80. The van der Waals surface area contributed by atoms with Crippen LogP contribution in [0.25, 0.3) is 0 Å². The zero-order valence-electron chi connectivity index (χ0n) is 11.9. The highest BCUT2D eigenvalue weighted by Crippen LogP contribution is 2.25. The molecular weight excluding hydrogens is 313 g/mol. The molecule has 114 valence electrons. The topological polar surface area (TPSA) is 76.3 Å². The molecule has 2 rings (SSSR count). The van der Waals surface area contributed by atoms with E-state index < -0.39 is 15.8 Å². The summed E-state index contributed by atoms with van der Waals surface area (Å²) in [7, 11) is -2.25. The Labute approximate surface area is 127 Å². The van der Waals surface area contributed by atoms with Gasteiger partial charge in [-0.15, -0.1) is 11.3 Å². The number of hydrogen-bond acceptors (Lipinski definition) is 5. The molecule has 2 aromatic rings. The van der Waals surface area contributed by atoms with Crippen molar-refractivity contribution in [2.24, 2.45) is 0 Å². The van der Waals surface area contributed by atoms with Crippen molar-refractivity contribution in [1.29, 1.82) is 0 Å². The number of aromatic nitrogens is 1. The van der Waals surface area contributed by atoms with Gasteiger partial charge in [-0.3, -0.25) is 0 Å². The van der Waals surface area contributed by atoms with Gasteiger partial charge in [0.2, 0.25) is 10.0 Å². The van der Waals surface area contributed by atoms with E-state index in [1.807, 2.05) is 6.92 Å². The van der Waals surface area contributed by atoms with Gasteiger partial charge in [0.25, 0.3) is 0 Å². The Morgan fingerprint density at radius 3 is 2.57 bits per heavy atom. The molecule has 21 heavy (non-hydrogen) atoms. The Kier molecular flexibility index (Phi) is 4.31. The van der Waals surface area contributed by atoms with Crippen LogP contribution >= 0.6 is 11.3 Å². The highest BCUT2D eigenvalue weighted by Gasteiger charge is 2.23. The second kappa shape index (κ2) is 5.70. The van der Waals surface area contributed by atoms with Gasteiger partial charge >= 0.3 is 0 Å². The van der Waals surface area contributed by atoms with Gasteiger partial charge in [-0.2, -0.15) is 4.31 Å². The number of benzene rings is 1. The molecule has 8 heteroatoms. The molecule has 0 amide bonds. The largest absolute Gasteiger partial charge is 0.396 e. The third-order valence-corrected chi connectivity index (χ3v) is 5.88. The van der Waals surface area contributed by atoms with E-state index in [9.17, 15) is 12.8 Å². The van der Waals surface area contributed by atoms with E-state index in [4.69, 9.17) is 5.73 Å². The number of thiazole rings is 1. The fourth-order valence-electron chi connectivity index (χ4n) is 1.86. The molecule has 0 bridgehead atoms. The van der Waals surface area contributed by atoms with Gasteiger partial charge in [-0.25, -0.2) is 17.8 Å².